The number of hydrogen-bond acceptors (Lipinski definition) is 2. The quantitative estimate of drug-likeness (QED) is 0.875. The first-order chi connectivity index (χ1) is 8.63. The lowest BCUT2D eigenvalue weighted by molar-refractivity contribution is 0.0697. The van der Waals surface area contributed by atoms with Crippen LogP contribution in [0.4, 0.5) is 4.39 Å². The van der Waals surface area contributed by atoms with Crippen molar-refractivity contribution in [2.24, 2.45) is 0 Å². The Bertz CT molecular complexity index is 593. The van der Waals surface area contributed by atoms with Crippen molar-refractivity contribution in [3.05, 3.63) is 59.4 Å². The lowest BCUT2D eigenvalue weighted by Gasteiger charge is -2.10. The van der Waals surface area contributed by atoms with E-state index in [1.807, 2.05) is 0 Å². The summed E-state index contributed by atoms with van der Waals surface area (Å²) in [5.41, 5.74) is 1.37. The van der Waals surface area contributed by atoms with Crippen molar-refractivity contribution in [3.8, 4) is 11.1 Å². The van der Waals surface area contributed by atoms with Crippen molar-refractivity contribution in [1.29, 1.82) is 0 Å². The Labute approximate surface area is 103 Å². The molecular formula is C14H11FO3. The number of benzene rings is 2. The molecule has 0 fully saturated rings. The van der Waals surface area contributed by atoms with Gasteiger partial charge < -0.3 is 10.2 Å². The van der Waals surface area contributed by atoms with Crippen LogP contribution in [0.5, 0.6) is 0 Å². The third-order valence-electron chi connectivity index (χ3n) is 2.69. The molecule has 3 nitrogen and oxygen atoms in total. The van der Waals surface area contributed by atoms with Crippen molar-refractivity contribution in [3.63, 3.8) is 0 Å². The first-order valence-corrected chi connectivity index (χ1v) is 5.35. The Kier molecular flexibility index (Phi) is 3.39. The highest BCUT2D eigenvalue weighted by Gasteiger charge is 2.14. The summed E-state index contributed by atoms with van der Waals surface area (Å²) < 4.78 is 13.3. The number of aliphatic hydroxyl groups excluding tert-OH is 1. The molecule has 2 aromatic carbocycles. The maximum Gasteiger partial charge on any atom is 0.336 e. The van der Waals surface area contributed by atoms with Crippen LogP contribution in [0.15, 0.2) is 42.5 Å². The topological polar surface area (TPSA) is 57.5 Å². The van der Waals surface area contributed by atoms with Crippen molar-refractivity contribution < 1.29 is 19.4 Å². The molecule has 4 heteroatoms. The van der Waals surface area contributed by atoms with Gasteiger partial charge in [-0.05, 0) is 34.9 Å². The number of carboxylic acids is 1. The van der Waals surface area contributed by atoms with Gasteiger partial charge in [-0.1, -0.05) is 24.3 Å². The molecule has 2 rings (SSSR count). The number of carbonyl (C=O) groups is 1. The predicted molar refractivity (Wildman–Crippen MR) is 64.7 cm³/mol. The summed E-state index contributed by atoms with van der Waals surface area (Å²) in [6.07, 6.45) is 0. The van der Waals surface area contributed by atoms with Gasteiger partial charge >= 0.3 is 5.97 Å². The van der Waals surface area contributed by atoms with Crippen LogP contribution in [0.1, 0.15) is 15.9 Å². The van der Waals surface area contributed by atoms with Gasteiger partial charge in [-0.15, -0.1) is 0 Å². The zero-order chi connectivity index (χ0) is 13.1. The van der Waals surface area contributed by atoms with Gasteiger partial charge in [0.2, 0.25) is 0 Å². The lowest BCUT2D eigenvalue weighted by Crippen LogP contribution is -2.01. The van der Waals surface area contributed by atoms with E-state index < -0.39 is 11.8 Å². The van der Waals surface area contributed by atoms with Gasteiger partial charge in [-0.2, -0.15) is 0 Å². The third kappa shape index (κ3) is 2.24. The third-order valence-corrected chi connectivity index (χ3v) is 2.69. The Balaban J connectivity index is 2.69. The summed E-state index contributed by atoms with van der Waals surface area (Å²) >= 11 is 0. The second-order valence-corrected chi connectivity index (χ2v) is 3.81. The van der Waals surface area contributed by atoms with E-state index in [9.17, 15) is 14.3 Å². The summed E-state index contributed by atoms with van der Waals surface area (Å²) in [4.78, 5) is 11.1. The van der Waals surface area contributed by atoms with E-state index in [0.29, 0.717) is 11.1 Å². The van der Waals surface area contributed by atoms with E-state index >= 15 is 0 Å². The number of rotatable bonds is 3. The summed E-state index contributed by atoms with van der Waals surface area (Å²) in [5.74, 6) is -1.64. The van der Waals surface area contributed by atoms with E-state index in [-0.39, 0.29) is 17.7 Å². The largest absolute Gasteiger partial charge is 0.478 e. The van der Waals surface area contributed by atoms with E-state index in [2.05, 4.69) is 0 Å². The van der Waals surface area contributed by atoms with Crippen molar-refractivity contribution in [2.45, 2.75) is 6.61 Å². The molecule has 0 amide bonds. The normalized spacial score (nSPS) is 10.3. The molecule has 18 heavy (non-hydrogen) atoms. The second kappa shape index (κ2) is 4.98. The maximum absolute atomic E-state index is 13.3. The highest BCUT2D eigenvalue weighted by atomic mass is 19.1. The number of aliphatic hydroxyl groups is 1. The second-order valence-electron chi connectivity index (χ2n) is 3.81. The van der Waals surface area contributed by atoms with E-state index in [1.54, 1.807) is 24.3 Å². The standard InChI is InChI=1S/C14H11FO3/c15-10-5-6-12(14(17)18)13(7-10)11-4-2-1-3-9(11)8-16/h1-7,16H,8H2,(H,17,18). The Morgan fingerprint density at radius 2 is 1.83 bits per heavy atom. The minimum Gasteiger partial charge on any atom is -0.478 e. The summed E-state index contributed by atoms with van der Waals surface area (Å²) in [6.45, 7) is -0.230. The molecule has 92 valence electrons. The molecule has 0 saturated heterocycles. The maximum atomic E-state index is 13.3. The van der Waals surface area contributed by atoms with Crippen LogP contribution in [-0.4, -0.2) is 16.2 Å². The highest BCUT2D eigenvalue weighted by molar-refractivity contribution is 5.96. The van der Waals surface area contributed by atoms with Crippen LogP contribution in [0.3, 0.4) is 0 Å². The van der Waals surface area contributed by atoms with Gasteiger partial charge in [0.1, 0.15) is 5.82 Å². The Morgan fingerprint density at radius 1 is 1.11 bits per heavy atom. The molecule has 0 aliphatic rings. The smallest absolute Gasteiger partial charge is 0.336 e. The first kappa shape index (κ1) is 12.3. The minimum atomic E-state index is -1.13. The predicted octanol–water partition coefficient (Wildman–Crippen LogP) is 2.68. The van der Waals surface area contributed by atoms with E-state index in [1.165, 1.54) is 6.07 Å². The number of halogens is 1. The molecule has 0 aromatic heterocycles. The average molecular weight is 246 g/mol. The molecule has 0 saturated carbocycles. The molecule has 0 radical (unpaired) electrons. The van der Waals surface area contributed by atoms with Crippen LogP contribution < -0.4 is 0 Å². The van der Waals surface area contributed by atoms with Crippen LogP contribution in [0.25, 0.3) is 11.1 Å². The molecule has 0 atom stereocenters. The zero-order valence-corrected chi connectivity index (χ0v) is 9.43. The van der Waals surface area contributed by atoms with E-state index in [0.717, 1.165) is 12.1 Å². The van der Waals surface area contributed by atoms with Gasteiger partial charge in [0.05, 0.1) is 12.2 Å². The van der Waals surface area contributed by atoms with Crippen LogP contribution >= 0.6 is 0 Å². The number of aromatic carboxylic acids is 1. The molecule has 0 aliphatic carbocycles. The fourth-order valence-corrected chi connectivity index (χ4v) is 1.85. The van der Waals surface area contributed by atoms with Gasteiger partial charge in [0.25, 0.3) is 0 Å². The summed E-state index contributed by atoms with van der Waals surface area (Å²) in [5, 5.41) is 18.3. The molecule has 2 N–H and O–H groups in total. The monoisotopic (exact) mass is 246 g/mol. The SMILES string of the molecule is O=C(O)c1ccc(F)cc1-c1ccccc1CO. The van der Waals surface area contributed by atoms with Crippen molar-refractivity contribution >= 4 is 5.97 Å². The molecule has 0 unspecified atom stereocenters. The van der Waals surface area contributed by atoms with Gasteiger partial charge in [0.15, 0.2) is 0 Å². The molecule has 0 bridgehead atoms. The zero-order valence-electron chi connectivity index (χ0n) is 9.43. The summed E-state index contributed by atoms with van der Waals surface area (Å²) in [7, 11) is 0. The van der Waals surface area contributed by atoms with Crippen LogP contribution in [-0.2, 0) is 6.61 Å². The molecule has 0 spiro atoms. The van der Waals surface area contributed by atoms with Crippen LogP contribution in [0.2, 0.25) is 0 Å². The minimum absolute atomic E-state index is 0.0114. The van der Waals surface area contributed by atoms with Crippen molar-refractivity contribution in [2.75, 3.05) is 0 Å². The number of hydrogen-bond donors (Lipinski definition) is 2. The summed E-state index contributed by atoms with van der Waals surface area (Å²) in [6, 6.07) is 10.3. The molecule has 0 aliphatic heterocycles. The lowest BCUT2D eigenvalue weighted by atomic mass is 9.95. The van der Waals surface area contributed by atoms with Crippen LogP contribution in [0, 0.1) is 5.82 Å². The molecular weight excluding hydrogens is 235 g/mol. The fourth-order valence-electron chi connectivity index (χ4n) is 1.85. The van der Waals surface area contributed by atoms with Gasteiger partial charge in [-0.3, -0.25) is 0 Å². The molecule has 2 aromatic rings. The first-order valence-electron chi connectivity index (χ1n) is 5.35. The average Bonchev–Trinajstić information content (AvgIpc) is 2.38. The Hall–Kier alpha value is -2.20. The highest BCUT2D eigenvalue weighted by Crippen LogP contribution is 2.28. The Morgan fingerprint density at radius 3 is 2.50 bits per heavy atom. The number of carboxylic acid groups (broad SMARTS) is 1. The fraction of sp³-hybridized carbons (Fsp3) is 0.0714. The van der Waals surface area contributed by atoms with Gasteiger partial charge in [-0.25, -0.2) is 9.18 Å². The van der Waals surface area contributed by atoms with Crippen molar-refractivity contribution in [1.82, 2.24) is 0 Å². The van der Waals surface area contributed by atoms with Gasteiger partial charge in [0, 0.05) is 0 Å². The van der Waals surface area contributed by atoms with E-state index in [4.69, 9.17) is 5.11 Å². The molecule has 0 heterocycles.